The second-order valence-electron chi connectivity index (χ2n) is 8.19. The molecule has 162 valence electrons. The molecule has 0 radical (unpaired) electrons. The summed E-state index contributed by atoms with van der Waals surface area (Å²) in [5.41, 5.74) is 4.09. The van der Waals surface area contributed by atoms with E-state index in [0.717, 1.165) is 22.2 Å². The van der Waals surface area contributed by atoms with E-state index in [1.165, 1.54) is 0 Å². The Labute approximate surface area is 189 Å². The molecule has 3 heterocycles. The average molecular weight is 436 g/mol. The molecule has 0 saturated heterocycles. The Hall–Kier alpha value is -4.39. The number of H-pyrrole nitrogens is 1. The minimum absolute atomic E-state index is 0.107. The van der Waals surface area contributed by atoms with Crippen molar-refractivity contribution in [2.24, 2.45) is 0 Å². The van der Waals surface area contributed by atoms with Gasteiger partial charge in [0.1, 0.15) is 6.17 Å². The van der Waals surface area contributed by atoms with Gasteiger partial charge in [-0.05, 0) is 36.4 Å². The van der Waals surface area contributed by atoms with Crippen molar-refractivity contribution in [3.05, 3.63) is 95.7 Å². The Kier molecular flexibility index (Phi) is 4.29. The lowest BCUT2D eigenvalue weighted by Crippen LogP contribution is -2.49. The van der Waals surface area contributed by atoms with Crippen molar-refractivity contribution in [3.8, 4) is 0 Å². The van der Waals surface area contributed by atoms with Crippen LogP contribution in [0.25, 0.3) is 10.9 Å². The maximum atomic E-state index is 13.4. The van der Waals surface area contributed by atoms with Gasteiger partial charge in [0.25, 0.3) is 11.8 Å². The molecule has 3 amide bonds. The van der Waals surface area contributed by atoms with Gasteiger partial charge in [-0.1, -0.05) is 36.4 Å². The van der Waals surface area contributed by atoms with E-state index in [9.17, 15) is 14.4 Å². The maximum Gasteiger partial charge on any atom is 0.260 e. The van der Waals surface area contributed by atoms with Crippen molar-refractivity contribution in [2.75, 3.05) is 16.8 Å². The number of rotatable bonds is 4. The number of aromatic nitrogens is 1. The van der Waals surface area contributed by atoms with Crippen LogP contribution in [0.3, 0.4) is 0 Å². The van der Waals surface area contributed by atoms with E-state index in [1.54, 1.807) is 34.1 Å². The predicted octanol–water partition coefficient (Wildman–Crippen LogP) is 4.31. The third-order valence-electron chi connectivity index (χ3n) is 6.33. The van der Waals surface area contributed by atoms with Gasteiger partial charge >= 0.3 is 0 Å². The van der Waals surface area contributed by atoms with E-state index in [1.807, 2.05) is 54.7 Å². The summed E-state index contributed by atoms with van der Waals surface area (Å²) in [5.74, 6) is -0.513. The summed E-state index contributed by atoms with van der Waals surface area (Å²) in [6, 6.07) is 22.1. The normalized spacial score (nSPS) is 16.5. The summed E-state index contributed by atoms with van der Waals surface area (Å²) in [6.07, 6.45) is 1.37. The second-order valence-corrected chi connectivity index (χ2v) is 8.19. The van der Waals surface area contributed by atoms with Gasteiger partial charge in [0, 0.05) is 41.2 Å². The number of aromatic amines is 1. The summed E-state index contributed by atoms with van der Waals surface area (Å²) in [5, 5.41) is 3.88. The largest absolute Gasteiger partial charge is 0.361 e. The molecule has 1 aromatic heterocycles. The minimum Gasteiger partial charge on any atom is -0.361 e. The van der Waals surface area contributed by atoms with Gasteiger partial charge in [-0.25, -0.2) is 0 Å². The van der Waals surface area contributed by atoms with Crippen LogP contribution in [0.4, 0.5) is 11.4 Å². The molecule has 2 aliphatic rings. The molecular formula is C26H20N4O3. The highest BCUT2D eigenvalue weighted by molar-refractivity contribution is 6.16. The van der Waals surface area contributed by atoms with Crippen molar-refractivity contribution < 1.29 is 14.4 Å². The van der Waals surface area contributed by atoms with E-state index in [-0.39, 0.29) is 30.7 Å². The van der Waals surface area contributed by atoms with E-state index in [4.69, 9.17) is 0 Å². The molecule has 0 spiro atoms. The topological polar surface area (TPSA) is 85.5 Å². The van der Waals surface area contributed by atoms with Crippen molar-refractivity contribution in [3.63, 3.8) is 0 Å². The number of anilines is 2. The van der Waals surface area contributed by atoms with Crippen molar-refractivity contribution in [1.29, 1.82) is 0 Å². The summed E-state index contributed by atoms with van der Waals surface area (Å²) in [6.45, 7) is 0.185. The molecule has 0 unspecified atom stereocenters. The Morgan fingerprint density at radius 2 is 1.67 bits per heavy atom. The van der Waals surface area contributed by atoms with Crippen molar-refractivity contribution in [1.82, 2.24) is 9.88 Å². The molecule has 0 aliphatic carbocycles. The summed E-state index contributed by atoms with van der Waals surface area (Å²) < 4.78 is 0. The number of para-hydroxylation sites is 1. The van der Waals surface area contributed by atoms with Crippen LogP contribution in [0.2, 0.25) is 0 Å². The van der Waals surface area contributed by atoms with Gasteiger partial charge < -0.3 is 15.2 Å². The van der Waals surface area contributed by atoms with Crippen molar-refractivity contribution in [2.45, 2.75) is 12.6 Å². The van der Waals surface area contributed by atoms with Gasteiger partial charge in [-0.15, -0.1) is 0 Å². The summed E-state index contributed by atoms with van der Waals surface area (Å²) in [7, 11) is 0. The number of benzene rings is 3. The molecule has 4 aromatic rings. The maximum absolute atomic E-state index is 13.4. The Bertz CT molecular complexity index is 1440. The molecular weight excluding hydrogens is 416 g/mol. The highest BCUT2D eigenvalue weighted by Crippen LogP contribution is 2.45. The van der Waals surface area contributed by atoms with Crippen molar-refractivity contribution >= 4 is 40.0 Å². The first-order valence-corrected chi connectivity index (χ1v) is 10.8. The van der Waals surface area contributed by atoms with Gasteiger partial charge in [0.15, 0.2) is 0 Å². The first-order chi connectivity index (χ1) is 16.1. The van der Waals surface area contributed by atoms with Crippen LogP contribution in [-0.2, 0) is 4.79 Å². The fourth-order valence-corrected chi connectivity index (χ4v) is 4.83. The third kappa shape index (κ3) is 2.93. The van der Waals surface area contributed by atoms with Crippen LogP contribution >= 0.6 is 0 Å². The van der Waals surface area contributed by atoms with Crippen LogP contribution in [0.5, 0.6) is 0 Å². The van der Waals surface area contributed by atoms with E-state index < -0.39 is 6.17 Å². The number of fused-ring (bicyclic) bond motifs is 6. The van der Waals surface area contributed by atoms with Crippen LogP contribution in [0.15, 0.2) is 79.0 Å². The molecule has 33 heavy (non-hydrogen) atoms. The van der Waals surface area contributed by atoms with Gasteiger partial charge in [0.2, 0.25) is 5.91 Å². The number of carbonyl (C=O) groups excluding carboxylic acids is 3. The highest BCUT2D eigenvalue weighted by atomic mass is 16.2. The number of hydrogen-bond acceptors (Lipinski definition) is 3. The minimum atomic E-state index is -0.558. The van der Waals surface area contributed by atoms with Gasteiger partial charge in [0.05, 0.1) is 16.9 Å². The zero-order chi connectivity index (χ0) is 22.5. The zero-order valence-corrected chi connectivity index (χ0v) is 17.6. The lowest BCUT2D eigenvalue weighted by molar-refractivity contribution is -0.116. The van der Waals surface area contributed by atoms with Crippen LogP contribution in [-0.4, -0.2) is 34.2 Å². The number of carbonyl (C=O) groups is 3. The molecule has 2 N–H and O–H groups in total. The smallest absolute Gasteiger partial charge is 0.260 e. The number of hydrogen-bond donors (Lipinski definition) is 2. The Balaban J connectivity index is 1.30. The summed E-state index contributed by atoms with van der Waals surface area (Å²) >= 11 is 0. The fourth-order valence-electron chi connectivity index (χ4n) is 4.83. The molecule has 7 heteroatoms. The van der Waals surface area contributed by atoms with Gasteiger partial charge in [-0.3, -0.25) is 19.3 Å². The van der Waals surface area contributed by atoms with Crippen LogP contribution in [0.1, 0.15) is 38.9 Å². The number of nitrogens with zero attached hydrogens (tertiary/aromatic N) is 2. The quantitative estimate of drug-likeness (QED) is 0.500. The molecule has 3 aromatic carbocycles. The standard InChI is InChI=1S/C26H20N4O3/c31-23(28-21-10-5-9-20-18(21)12-14-27-20)13-15-29-24-16-6-1-2-7-17(16)26(33)30(24)22-11-4-3-8-19(22)25(29)32/h1-12,14,24,27H,13,15H2,(H,28,31)/t24-/m1/s1. The van der Waals surface area contributed by atoms with E-state index in [2.05, 4.69) is 10.3 Å². The SMILES string of the molecule is O=C(CCN1C(=O)c2ccccc2N2C(=O)c3ccccc3[C@H]12)Nc1cccc2[nH]ccc12. The first kappa shape index (κ1) is 19.3. The van der Waals surface area contributed by atoms with Crippen LogP contribution in [0, 0.1) is 0 Å². The average Bonchev–Trinajstić information content (AvgIpc) is 3.43. The lowest BCUT2D eigenvalue weighted by Gasteiger charge is -2.40. The summed E-state index contributed by atoms with van der Waals surface area (Å²) in [4.78, 5) is 45.9. The predicted molar refractivity (Wildman–Crippen MR) is 125 cm³/mol. The molecule has 0 saturated carbocycles. The van der Waals surface area contributed by atoms with E-state index >= 15 is 0 Å². The second kappa shape index (κ2) is 7.34. The number of amides is 3. The molecule has 6 rings (SSSR count). The third-order valence-corrected chi connectivity index (χ3v) is 6.33. The fraction of sp³-hybridized carbons (Fsp3) is 0.115. The Morgan fingerprint density at radius 1 is 0.879 bits per heavy atom. The Morgan fingerprint density at radius 3 is 2.55 bits per heavy atom. The zero-order valence-electron chi connectivity index (χ0n) is 17.6. The van der Waals surface area contributed by atoms with Gasteiger partial charge in [-0.2, -0.15) is 0 Å². The first-order valence-electron chi connectivity index (χ1n) is 10.8. The molecule has 7 nitrogen and oxygen atoms in total. The van der Waals surface area contributed by atoms with Crippen LogP contribution < -0.4 is 10.2 Å². The molecule has 1 atom stereocenters. The molecule has 0 bridgehead atoms. The monoisotopic (exact) mass is 436 g/mol. The van der Waals surface area contributed by atoms with E-state index in [0.29, 0.717) is 16.8 Å². The lowest BCUT2D eigenvalue weighted by atomic mass is 10.0. The number of nitrogens with one attached hydrogen (secondary N) is 2. The molecule has 0 fully saturated rings. The highest BCUT2D eigenvalue weighted by Gasteiger charge is 2.47. The molecule has 2 aliphatic heterocycles.